The van der Waals surface area contributed by atoms with Crippen LogP contribution in [0, 0.1) is 5.92 Å². The molecule has 0 aromatic carbocycles. The highest BCUT2D eigenvalue weighted by atomic mass is 16.5. The van der Waals surface area contributed by atoms with Crippen LogP contribution in [0.4, 0.5) is 0 Å². The topological polar surface area (TPSA) is 44.1 Å². The highest BCUT2D eigenvalue weighted by Crippen LogP contribution is 2.31. The Bertz CT molecular complexity index is 503. The summed E-state index contributed by atoms with van der Waals surface area (Å²) in [5.74, 6) is 0.367. The van der Waals surface area contributed by atoms with E-state index >= 15 is 0 Å². The number of esters is 1. The van der Waals surface area contributed by atoms with Crippen molar-refractivity contribution in [2.45, 2.75) is 89.7 Å². The van der Waals surface area contributed by atoms with Gasteiger partial charge in [0.1, 0.15) is 6.10 Å². The van der Waals surface area contributed by atoms with Gasteiger partial charge in [0.15, 0.2) is 0 Å². The van der Waals surface area contributed by atoms with Crippen molar-refractivity contribution in [3.8, 4) is 0 Å². The van der Waals surface area contributed by atoms with E-state index in [-0.39, 0.29) is 12.1 Å². The third-order valence-electron chi connectivity index (χ3n) is 5.54. The van der Waals surface area contributed by atoms with Crippen LogP contribution in [0.1, 0.15) is 94.0 Å². The Morgan fingerprint density at radius 2 is 1.91 bits per heavy atom. The number of carbonyl (C=O) groups excluding carboxylic acids is 1. The van der Waals surface area contributed by atoms with E-state index in [0.29, 0.717) is 17.5 Å². The second kappa shape index (κ2) is 7.98. The van der Waals surface area contributed by atoms with E-state index in [1.807, 2.05) is 10.9 Å². The van der Waals surface area contributed by atoms with Gasteiger partial charge in [-0.15, -0.1) is 0 Å². The maximum Gasteiger partial charge on any atom is 0.341 e. The largest absolute Gasteiger partial charge is 0.458 e. The van der Waals surface area contributed by atoms with Crippen molar-refractivity contribution in [3.05, 3.63) is 18.0 Å². The Morgan fingerprint density at radius 1 is 1.17 bits per heavy atom. The van der Waals surface area contributed by atoms with Crippen molar-refractivity contribution in [2.24, 2.45) is 5.92 Å². The van der Waals surface area contributed by atoms with Gasteiger partial charge in [0.05, 0.1) is 17.8 Å². The van der Waals surface area contributed by atoms with Crippen LogP contribution in [0.2, 0.25) is 0 Å². The summed E-state index contributed by atoms with van der Waals surface area (Å²) in [5.41, 5.74) is 0.622. The fourth-order valence-electron chi connectivity index (χ4n) is 4.22. The van der Waals surface area contributed by atoms with Crippen LogP contribution in [0.3, 0.4) is 0 Å². The van der Waals surface area contributed by atoms with E-state index in [9.17, 15) is 4.79 Å². The lowest BCUT2D eigenvalue weighted by atomic mass is 9.83. The van der Waals surface area contributed by atoms with Crippen LogP contribution in [0.15, 0.2) is 12.4 Å². The molecule has 128 valence electrons. The molecule has 0 radical (unpaired) electrons. The number of nitrogens with zero attached hydrogens (tertiary/aromatic N) is 2. The van der Waals surface area contributed by atoms with Crippen molar-refractivity contribution in [1.82, 2.24) is 9.78 Å². The Hall–Kier alpha value is -1.32. The summed E-state index contributed by atoms with van der Waals surface area (Å²) in [5, 5.41) is 4.43. The quantitative estimate of drug-likeness (QED) is 0.725. The minimum absolute atomic E-state index is 0.106. The van der Waals surface area contributed by atoms with Crippen molar-refractivity contribution in [3.63, 3.8) is 0 Å². The highest BCUT2D eigenvalue weighted by molar-refractivity contribution is 5.88. The maximum atomic E-state index is 12.5. The molecule has 3 rings (SSSR count). The molecule has 2 unspecified atom stereocenters. The lowest BCUT2D eigenvalue weighted by Crippen LogP contribution is -2.30. The molecule has 4 heteroatoms. The van der Waals surface area contributed by atoms with Crippen LogP contribution in [-0.2, 0) is 4.74 Å². The van der Waals surface area contributed by atoms with Gasteiger partial charge in [-0.1, -0.05) is 39.0 Å². The maximum absolute atomic E-state index is 12.5. The van der Waals surface area contributed by atoms with Gasteiger partial charge in [0, 0.05) is 6.20 Å². The number of hydrogen-bond donors (Lipinski definition) is 0. The average molecular weight is 318 g/mol. The lowest BCUT2D eigenvalue weighted by Gasteiger charge is -2.30. The zero-order valence-electron chi connectivity index (χ0n) is 14.4. The van der Waals surface area contributed by atoms with Crippen molar-refractivity contribution < 1.29 is 9.53 Å². The molecule has 4 nitrogen and oxygen atoms in total. The minimum atomic E-state index is -0.180. The van der Waals surface area contributed by atoms with E-state index in [1.54, 1.807) is 6.20 Å². The number of hydrogen-bond acceptors (Lipinski definition) is 3. The summed E-state index contributed by atoms with van der Waals surface area (Å²) in [7, 11) is 0. The van der Waals surface area contributed by atoms with Crippen LogP contribution in [0.5, 0.6) is 0 Å². The van der Waals surface area contributed by atoms with Gasteiger partial charge in [-0.05, 0) is 44.4 Å². The van der Waals surface area contributed by atoms with Crippen LogP contribution in [0.25, 0.3) is 0 Å². The number of ether oxygens (including phenoxy) is 1. The molecule has 0 saturated heterocycles. The fourth-order valence-corrected chi connectivity index (χ4v) is 4.22. The number of rotatable bonds is 5. The SMILES string of the molecule is CCCC1CCCCC1OC(=O)c1cnn(C2CCCCC2)c1. The van der Waals surface area contributed by atoms with Gasteiger partial charge in [0.2, 0.25) is 0 Å². The molecule has 2 aliphatic rings. The summed E-state index contributed by atoms with van der Waals surface area (Å²) >= 11 is 0. The Balaban J connectivity index is 1.60. The van der Waals surface area contributed by atoms with Crippen molar-refractivity contribution in [1.29, 1.82) is 0 Å². The Kier molecular flexibility index (Phi) is 5.74. The smallest absolute Gasteiger partial charge is 0.341 e. The van der Waals surface area contributed by atoms with Crippen LogP contribution < -0.4 is 0 Å². The molecule has 0 amide bonds. The predicted octanol–water partition coefficient (Wildman–Crippen LogP) is 4.90. The Morgan fingerprint density at radius 3 is 2.70 bits per heavy atom. The predicted molar refractivity (Wildman–Crippen MR) is 90.4 cm³/mol. The first-order valence-electron chi connectivity index (χ1n) is 9.53. The average Bonchev–Trinajstić information content (AvgIpc) is 3.08. The second-order valence-electron chi connectivity index (χ2n) is 7.28. The van der Waals surface area contributed by atoms with E-state index in [2.05, 4.69) is 12.0 Å². The second-order valence-corrected chi connectivity index (χ2v) is 7.28. The van der Waals surface area contributed by atoms with Gasteiger partial charge in [-0.25, -0.2) is 4.79 Å². The summed E-state index contributed by atoms with van der Waals surface area (Å²) in [6, 6.07) is 0.466. The van der Waals surface area contributed by atoms with Crippen LogP contribution in [-0.4, -0.2) is 21.9 Å². The monoisotopic (exact) mass is 318 g/mol. The van der Waals surface area contributed by atoms with Gasteiger partial charge in [0.25, 0.3) is 0 Å². The molecule has 2 fully saturated rings. The molecule has 2 atom stereocenters. The molecule has 2 aliphatic carbocycles. The molecule has 0 aliphatic heterocycles. The van der Waals surface area contributed by atoms with Gasteiger partial charge in [-0.2, -0.15) is 5.10 Å². The number of aromatic nitrogens is 2. The van der Waals surface area contributed by atoms with Gasteiger partial charge < -0.3 is 4.74 Å². The lowest BCUT2D eigenvalue weighted by molar-refractivity contribution is -0.000392. The van der Waals surface area contributed by atoms with E-state index in [0.717, 1.165) is 6.42 Å². The normalized spacial score (nSPS) is 26.1. The molecule has 0 spiro atoms. The molecular formula is C19H30N2O2. The number of carbonyl (C=O) groups is 1. The molecular weight excluding hydrogens is 288 g/mol. The minimum Gasteiger partial charge on any atom is -0.458 e. The zero-order valence-corrected chi connectivity index (χ0v) is 14.4. The van der Waals surface area contributed by atoms with Gasteiger partial charge in [-0.3, -0.25) is 4.68 Å². The molecule has 23 heavy (non-hydrogen) atoms. The third kappa shape index (κ3) is 4.15. The van der Waals surface area contributed by atoms with Crippen molar-refractivity contribution in [2.75, 3.05) is 0 Å². The Labute approximate surface area is 139 Å². The fraction of sp³-hybridized carbons (Fsp3) is 0.789. The van der Waals surface area contributed by atoms with E-state index in [4.69, 9.17) is 4.74 Å². The molecule has 1 heterocycles. The molecule has 1 aromatic rings. The molecule has 1 aromatic heterocycles. The third-order valence-corrected chi connectivity index (χ3v) is 5.54. The van der Waals surface area contributed by atoms with Gasteiger partial charge >= 0.3 is 5.97 Å². The first-order valence-corrected chi connectivity index (χ1v) is 9.53. The molecule has 0 N–H and O–H groups in total. The summed E-state index contributed by atoms with van der Waals surface area (Å²) in [6.07, 6.45) is 16.9. The first kappa shape index (κ1) is 16.5. The summed E-state index contributed by atoms with van der Waals surface area (Å²) in [4.78, 5) is 12.5. The summed E-state index contributed by atoms with van der Waals surface area (Å²) in [6.45, 7) is 2.21. The standard InChI is InChI=1S/C19H30N2O2/c1-2-8-15-9-6-7-12-18(15)23-19(22)16-13-20-21(14-16)17-10-4-3-5-11-17/h13-15,17-18H,2-12H2,1H3. The first-order chi connectivity index (χ1) is 11.3. The van der Waals surface area contributed by atoms with Crippen LogP contribution >= 0.6 is 0 Å². The van der Waals surface area contributed by atoms with Crippen molar-refractivity contribution >= 4 is 5.97 Å². The highest BCUT2D eigenvalue weighted by Gasteiger charge is 2.28. The zero-order chi connectivity index (χ0) is 16.1. The van der Waals surface area contributed by atoms with E-state index in [1.165, 1.54) is 64.2 Å². The summed E-state index contributed by atoms with van der Waals surface area (Å²) < 4.78 is 7.84. The molecule has 0 bridgehead atoms. The molecule has 2 saturated carbocycles. The van der Waals surface area contributed by atoms with E-state index < -0.39 is 0 Å².